The summed E-state index contributed by atoms with van der Waals surface area (Å²) in [6.45, 7) is 1.02. The monoisotopic (exact) mass is 223 g/mol. The molecule has 2 N–H and O–H groups in total. The molecule has 90 valence electrons. The van der Waals surface area contributed by atoms with Crippen molar-refractivity contribution < 1.29 is 0 Å². The highest BCUT2D eigenvalue weighted by Gasteiger charge is 2.14. The fourth-order valence-electron chi connectivity index (χ4n) is 2.33. The van der Waals surface area contributed by atoms with Crippen LogP contribution in [0.1, 0.15) is 32.1 Å². The molecule has 0 aromatic carbocycles. The van der Waals surface area contributed by atoms with Gasteiger partial charge in [0.05, 0.1) is 0 Å². The molecule has 5 heteroatoms. The van der Waals surface area contributed by atoms with Crippen molar-refractivity contribution in [2.75, 3.05) is 24.2 Å². The number of nitrogens with zero attached hydrogens (tertiary/aromatic N) is 3. The van der Waals surface area contributed by atoms with Gasteiger partial charge in [-0.1, -0.05) is 19.3 Å². The molecule has 1 saturated carbocycles. The number of hydrogen-bond acceptors (Lipinski definition) is 4. The molecule has 0 spiro atoms. The summed E-state index contributed by atoms with van der Waals surface area (Å²) < 4.78 is 1.95. The van der Waals surface area contributed by atoms with Crippen LogP contribution in [0.3, 0.4) is 0 Å². The molecule has 0 atom stereocenters. The second kappa shape index (κ2) is 5.18. The van der Waals surface area contributed by atoms with E-state index in [4.69, 9.17) is 0 Å². The summed E-state index contributed by atoms with van der Waals surface area (Å²) in [5.41, 5.74) is 0. The highest BCUT2D eigenvalue weighted by atomic mass is 15.4. The average Bonchev–Trinajstić information content (AvgIpc) is 2.69. The first-order valence-corrected chi connectivity index (χ1v) is 6.12. The van der Waals surface area contributed by atoms with Crippen LogP contribution in [0.25, 0.3) is 0 Å². The summed E-state index contributed by atoms with van der Waals surface area (Å²) >= 11 is 0. The molecule has 1 aromatic heterocycles. The van der Waals surface area contributed by atoms with Gasteiger partial charge in [0, 0.05) is 20.6 Å². The third-order valence-corrected chi connectivity index (χ3v) is 3.37. The SMILES string of the molecule is CNc1nnc(NCC2CCCCC2)n1C. The Morgan fingerprint density at radius 2 is 1.88 bits per heavy atom. The summed E-state index contributed by atoms with van der Waals surface area (Å²) in [4.78, 5) is 0. The zero-order chi connectivity index (χ0) is 11.4. The van der Waals surface area contributed by atoms with Crippen molar-refractivity contribution in [2.24, 2.45) is 13.0 Å². The van der Waals surface area contributed by atoms with Crippen LogP contribution in [-0.4, -0.2) is 28.4 Å². The maximum atomic E-state index is 4.11. The number of aromatic nitrogens is 3. The Morgan fingerprint density at radius 3 is 2.50 bits per heavy atom. The van der Waals surface area contributed by atoms with Gasteiger partial charge in [-0.25, -0.2) is 0 Å². The van der Waals surface area contributed by atoms with Crippen LogP contribution in [-0.2, 0) is 7.05 Å². The number of rotatable bonds is 4. The fraction of sp³-hybridized carbons (Fsp3) is 0.818. The minimum Gasteiger partial charge on any atom is -0.357 e. The molecule has 0 bridgehead atoms. The predicted molar refractivity (Wildman–Crippen MR) is 65.6 cm³/mol. The highest BCUT2D eigenvalue weighted by Crippen LogP contribution is 2.23. The van der Waals surface area contributed by atoms with Crippen LogP contribution in [0.15, 0.2) is 0 Å². The second-order valence-electron chi connectivity index (χ2n) is 4.54. The van der Waals surface area contributed by atoms with E-state index in [1.807, 2.05) is 18.7 Å². The van der Waals surface area contributed by atoms with E-state index in [9.17, 15) is 0 Å². The molecule has 1 fully saturated rings. The maximum absolute atomic E-state index is 4.11. The number of nitrogens with one attached hydrogen (secondary N) is 2. The molecule has 1 aromatic rings. The zero-order valence-corrected chi connectivity index (χ0v) is 10.2. The van der Waals surface area contributed by atoms with Crippen LogP contribution in [0.2, 0.25) is 0 Å². The largest absolute Gasteiger partial charge is 0.357 e. The van der Waals surface area contributed by atoms with Gasteiger partial charge in [-0.3, -0.25) is 4.57 Å². The molecule has 0 unspecified atom stereocenters. The van der Waals surface area contributed by atoms with E-state index in [1.165, 1.54) is 32.1 Å². The Kier molecular flexibility index (Phi) is 3.64. The quantitative estimate of drug-likeness (QED) is 0.818. The Morgan fingerprint density at radius 1 is 1.19 bits per heavy atom. The van der Waals surface area contributed by atoms with Crippen molar-refractivity contribution in [3.05, 3.63) is 0 Å². The van der Waals surface area contributed by atoms with E-state index in [2.05, 4.69) is 20.8 Å². The lowest BCUT2D eigenvalue weighted by Crippen LogP contribution is -2.18. The first-order chi connectivity index (χ1) is 7.81. The summed E-state index contributed by atoms with van der Waals surface area (Å²) in [5, 5.41) is 14.5. The van der Waals surface area contributed by atoms with E-state index in [1.54, 1.807) is 0 Å². The third-order valence-electron chi connectivity index (χ3n) is 3.37. The van der Waals surface area contributed by atoms with Gasteiger partial charge in [-0.05, 0) is 18.8 Å². The lowest BCUT2D eigenvalue weighted by Gasteiger charge is -2.21. The van der Waals surface area contributed by atoms with Gasteiger partial charge >= 0.3 is 0 Å². The smallest absolute Gasteiger partial charge is 0.225 e. The van der Waals surface area contributed by atoms with Gasteiger partial charge in [-0.2, -0.15) is 0 Å². The summed E-state index contributed by atoms with van der Waals surface area (Å²) in [6.07, 6.45) is 6.87. The second-order valence-corrected chi connectivity index (χ2v) is 4.54. The molecule has 1 aliphatic carbocycles. The zero-order valence-electron chi connectivity index (χ0n) is 10.2. The normalized spacial score (nSPS) is 17.4. The maximum Gasteiger partial charge on any atom is 0.225 e. The lowest BCUT2D eigenvalue weighted by atomic mass is 9.89. The lowest BCUT2D eigenvalue weighted by molar-refractivity contribution is 0.372. The molecule has 0 aliphatic heterocycles. The van der Waals surface area contributed by atoms with Crippen LogP contribution in [0.5, 0.6) is 0 Å². The van der Waals surface area contributed by atoms with Crippen LogP contribution < -0.4 is 10.6 Å². The summed E-state index contributed by atoms with van der Waals surface area (Å²) in [6, 6.07) is 0. The Bertz CT molecular complexity index is 327. The average molecular weight is 223 g/mol. The fourth-order valence-corrected chi connectivity index (χ4v) is 2.33. The number of anilines is 2. The first kappa shape index (κ1) is 11.2. The van der Waals surface area contributed by atoms with Gasteiger partial charge in [0.15, 0.2) is 0 Å². The standard InChI is InChI=1S/C11H21N5/c1-12-10-14-15-11(16(10)2)13-8-9-6-4-3-5-7-9/h9H,3-8H2,1-2H3,(H,12,14)(H,13,15). The Labute approximate surface area is 96.6 Å². The molecule has 1 aliphatic rings. The molecule has 0 amide bonds. The van der Waals surface area contributed by atoms with Crippen LogP contribution in [0, 0.1) is 5.92 Å². The number of hydrogen-bond donors (Lipinski definition) is 2. The Hall–Kier alpha value is -1.26. The molecule has 1 heterocycles. The van der Waals surface area contributed by atoms with E-state index < -0.39 is 0 Å². The van der Waals surface area contributed by atoms with E-state index in [-0.39, 0.29) is 0 Å². The van der Waals surface area contributed by atoms with Crippen molar-refractivity contribution in [2.45, 2.75) is 32.1 Å². The summed E-state index contributed by atoms with van der Waals surface area (Å²) in [7, 11) is 3.82. The van der Waals surface area contributed by atoms with Gasteiger partial charge in [0.2, 0.25) is 11.9 Å². The minimum atomic E-state index is 0.797. The van der Waals surface area contributed by atoms with Crippen LogP contribution >= 0.6 is 0 Å². The minimum absolute atomic E-state index is 0.797. The Balaban J connectivity index is 1.86. The van der Waals surface area contributed by atoms with Gasteiger partial charge in [-0.15, -0.1) is 10.2 Å². The van der Waals surface area contributed by atoms with Crippen molar-refractivity contribution in [3.8, 4) is 0 Å². The van der Waals surface area contributed by atoms with Crippen molar-refractivity contribution in [3.63, 3.8) is 0 Å². The molecular formula is C11H21N5. The van der Waals surface area contributed by atoms with E-state index >= 15 is 0 Å². The van der Waals surface area contributed by atoms with E-state index in [0.717, 1.165) is 24.4 Å². The highest BCUT2D eigenvalue weighted by molar-refractivity contribution is 5.35. The third kappa shape index (κ3) is 2.46. The predicted octanol–water partition coefficient (Wildman–Crippen LogP) is 1.85. The molecule has 0 saturated heterocycles. The molecule has 0 radical (unpaired) electrons. The molecule has 5 nitrogen and oxygen atoms in total. The molecule has 2 rings (SSSR count). The van der Waals surface area contributed by atoms with Crippen molar-refractivity contribution >= 4 is 11.9 Å². The van der Waals surface area contributed by atoms with E-state index in [0.29, 0.717) is 0 Å². The topological polar surface area (TPSA) is 54.8 Å². The molecule has 16 heavy (non-hydrogen) atoms. The van der Waals surface area contributed by atoms with Gasteiger partial charge in [0.25, 0.3) is 0 Å². The van der Waals surface area contributed by atoms with Gasteiger partial charge < -0.3 is 10.6 Å². The van der Waals surface area contributed by atoms with Crippen LogP contribution in [0.4, 0.5) is 11.9 Å². The van der Waals surface area contributed by atoms with Gasteiger partial charge in [0.1, 0.15) is 0 Å². The molecular weight excluding hydrogens is 202 g/mol. The van der Waals surface area contributed by atoms with Crippen molar-refractivity contribution in [1.29, 1.82) is 0 Å². The summed E-state index contributed by atoms with van der Waals surface area (Å²) in [5.74, 6) is 2.46. The van der Waals surface area contributed by atoms with Crippen molar-refractivity contribution in [1.82, 2.24) is 14.8 Å². The first-order valence-electron chi connectivity index (χ1n) is 6.12.